The van der Waals surface area contributed by atoms with Gasteiger partial charge in [0, 0.05) is 23.9 Å². The van der Waals surface area contributed by atoms with E-state index in [1.54, 1.807) is 48.8 Å². The van der Waals surface area contributed by atoms with Crippen molar-refractivity contribution in [2.24, 2.45) is 0 Å². The first-order valence-electron chi connectivity index (χ1n) is 9.36. The van der Waals surface area contributed by atoms with E-state index in [0.717, 1.165) is 22.6 Å². The number of imide groups is 1. The number of hydrogen-bond donors (Lipinski definition) is 1. The lowest BCUT2D eigenvalue weighted by Gasteiger charge is -2.14. The number of aromatic nitrogens is 1. The Hall–Kier alpha value is -3.78. The lowest BCUT2D eigenvalue weighted by Crippen LogP contribution is -3.00. The quantitative estimate of drug-likeness (QED) is 0.446. The van der Waals surface area contributed by atoms with Crippen LogP contribution in [0.4, 0.5) is 20.2 Å². The molecule has 0 spiro atoms. The largest absolute Gasteiger partial charge is 1.00 e. The number of aryl methyl sites for hydroxylation is 1. The van der Waals surface area contributed by atoms with Crippen LogP contribution in [0.3, 0.4) is 0 Å². The number of hydrogen-bond acceptors (Lipinski definition) is 4. The number of ether oxygens (including phenoxy) is 1. The van der Waals surface area contributed by atoms with Crippen LogP contribution < -0.4 is 31.9 Å². The first-order valence-corrected chi connectivity index (χ1v) is 9.36. The molecule has 0 aliphatic carbocycles. The Morgan fingerprint density at radius 2 is 1.56 bits per heavy atom. The molecule has 0 unspecified atom stereocenters. The highest BCUT2D eigenvalue weighted by molar-refractivity contribution is 6.42. The molecule has 9 heteroatoms. The summed E-state index contributed by atoms with van der Waals surface area (Å²) in [6, 6.07) is 13.3. The molecule has 2 aromatic carbocycles. The lowest BCUT2D eigenvalue weighted by molar-refractivity contribution is -0.577. The van der Waals surface area contributed by atoms with Crippen LogP contribution in [-0.4, -0.2) is 18.9 Å². The van der Waals surface area contributed by atoms with Gasteiger partial charge in [0.1, 0.15) is 5.75 Å². The van der Waals surface area contributed by atoms with Crippen LogP contribution in [0.15, 0.2) is 72.7 Å². The summed E-state index contributed by atoms with van der Waals surface area (Å²) in [4.78, 5) is 27.3. The molecule has 1 N–H and O–H groups in total. The zero-order valence-corrected chi connectivity index (χ0v) is 17.9. The summed E-state index contributed by atoms with van der Waals surface area (Å²) in [6.45, 7) is 1.89. The molecule has 1 aliphatic heterocycles. The first kappa shape index (κ1) is 22.9. The molecular weight excluding hydrogens is 440 g/mol. The molecule has 0 saturated heterocycles. The summed E-state index contributed by atoms with van der Waals surface area (Å²) < 4.78 is 33.8. The van der Waals surface area contributed by atoms with Crippen molar-refractivity contribution < 1.29 is 40.1 Å². The highest BCUT2D eigenvalue weighted by Gasteiger charge is 2.46. The van der Waals surface area contributed by atoms with Crippen LogP contribution >= 0.6 is 0 Å². The van der Waals surface area contributed by atoms with E-state index in [4.69, 9.17) is 4.74 Å². The third kappa shape index (κ3) is 4.17. The van der Waals surface area contributed by atoms with Gasteiger partial charge in [0.15, 0.2) is 29.7 Å². The fraction of sp³-hybridized carbons (Fsp3) is 0.0870. The molecule has 3 aromatic rings. The van der Waals surface area contributed by atoms with Crippen LogP contribution in [0.5, 0.6) is 5.75 Å². The standard InChI is InChI=1S/C23H17F2N3O3.ClH/c1-14-9-11-27(12-10-14)21-20(26-15-3-6-17(31-2)7-4-15)22(29)28(23(21)30)16-5-8-18(24)19(25)13-16;/h3-13H,1-2H3;1H. The second kappa shape index (κ2) is 9.15. The Morgan fingerprint density at radius 3 is 2.16 bits per heavy atom. The van der Waals surface area contributed by atoms with Gasteiger partial charge in [-0.1, -0.05) is 0 Å². The average molecular weight is 458 g/mol. The predicted molar refractivity (Wildman–Crippen MR) is 110 cm³/mol. The average Bonchev–Trinajstić information content (AvgIpc) is 3.01. The number of carbonyl (C=O) groups is 2. The van der Waals surface area contributed by atoms with E-state index in [1.165, 1.54) is 17.7 Å². The van der Waals surface area contributed by atoms with E-state index < -0.39 is 23.4 Å². The molecule has 0 atom stereocenters. The monoisotopic (exact) mass is 457 g/mol. The molecule has 4 rings (SSSR count). The molecule has 0 fully saturated rings. The van der Waals surface area contributed by atoms with Gasteiger partial charge in [0.05, 0.1) is 12.8 Å². The number of carbonyl (C=O) groups excluding carboxylic acids is 2. The minimum atomic E-state index is -1.15. The molecule has 164 valence electrons. The molecule has 6 nitrogen and oxygen atoms in total. The molecule has 1 aromatic heterocycles. The summed E-state index contributed by atoms with van der Waals surface area (Å²) in [7, 11) is 1.54. The van der Waals surface area contributed by atoms with Gasteiger partial charge in [0.2, 0.25) is 0 Å². The van der Waals surface area contributed by atoms with E-state index in [0.29, 0.717) is 11.4 Å². The van der Waals surface area contributed by atoms with Gasteiger partial charge in [-0.05, 0) is 48.9 Å². The number of nitrogens with one attached hydrogen (secondary N) is 1. The van der Waals surface area contributed by atoms with Crippen molar-refractivity contribution >= 4 is 28.9 Å². The molecule has 0 saturated carbocycles. The van der Waals surface area contributed by atoms with Crippen molar-refractivity contribution in [3.8, 4) is 5.75 Å². The van der Waals surface area contributed by atoms with Crippen molar-refractivity contribution in [3.63, 3.8) is 0 Å². The highest BCUT2D eigenvalue weighted by atomic mass is 35.5. The van der Waals surface area contributed by atoms with Gasteiger partial charge in [-0.15, -0.1) is 0 Å². The number of rotatable bonds is 5. The van der Waals surface area contributed by atoms with Crippen molar-refractivity contribution in [3.05, 3.63) is 89.9 Å². The third-order valence-corrected chi connectivity index (χ3v) is 4.83. The molecular formula is C23H18ClF2N3O3. The summed E-state index contributed by atoms with van der Waals surface area (Å²) in [6.07, 6.45) is 3.31. The second-order valence-electron chi connectivity index (χ2n) is 6.90. The van der Waals surface area contributed by atoms with E-state index in [-0.39, 0.29) is 29.5 Å². The van der Waals surface area contributed by atoms with Crippen molar-refractivity contribution in [2.75, 3.05) is 17.3 Å². The number of halogens is 3. The van der Waals surface area contributed by atoms with Crippen molar-refractivity contribution in [1.29, 1.82) is 0 Å². The number of amides is 2. The molecule has 0 bridgehead atoms. The van der Waals surface area contributed by atoms with Gasteiger partial charge in [0.25, 0.3) is 5.91 Å². The van der Waals surface area contributed by atoms with E-state index >= 15 is 0 Å². The maximum absolute atomic E-state index is 13.8. The van der Waals surface area contributed by atoms with Crippen LogP contribution in [0.2, 0.25) is 0 Å². The molecule has 0 radical (unpaired) electrons. The minimum absolute atomic E-state index is 0. The molecule has 1 aliphatic rings. The topological polar surface area (TPSA) is 62.5 Å². The first-order chi connectivity index (χ1) is 14.9. The Morgan fingerprint density at radius 1 is 0.906 bits per heavy atom. The number of methoxy groups -OCH3 is 1. The lowest BCUT2D eigenvalue weighted by atomic mass is 10.2. The third-order valence-electron chi connectivity index (χ3n) is 4.83. The van der Waals surface area contributed by atoms with E-state index in [1.807, 2.05) is 6.92 Å². The minimum Gasteiger partial charge on any atom is -1.00 e. The maximum Gasteiger partial charge on any atom is 0.333 e. The van der Waals surface area contributed by atoms with Crippen molar-refractivity contribution in [2.45, 2.75) is 6.92 Å². The number of anilines is 2. The van der Waals surface area contributed by atoms with Crippen LogP contribution in [-0.2, 0) is 9.59 Å². The van der Waals surface area contributed by atoms with Crippen LogP contribution in [0.25, 0.3) is 5.70 Å². The van der Waals surface area contributed by atoms with Gasteiger partial charge < -0.3 is 22.5 Å². The Labute approximate surface area is 189 Å². The zero-order chi connectivity index (χ0) is 22.1. The number of pyridine rings is 1. The summed E-state index contributed by atoms with van der Waals surface area (Å²) in [5.74, 6) is -2.94. The fourth-order valence-corrected chi connectivity index (χ4v) is 3.20. The maximum atomic E-state index is 13.8. The normalized spacial score (nSPS) is 13.3. The molecule has 2 heterocycles. The SMILES string of the molecule is COc1ccc(NC2=C([n+]3ccc(C)cc3)C(=O)N(c3ccc(F)c(F)c3)C2=O)cc1.[Cl-]. The van der Waals surface area contributed by atoms with Crippen LogP contribution in [0, 0.1) is 18.6 Å². The molecule has 32 heavy (non-hydrogen) atoms. The predicted octanol–water partition coefficient (Wildman–Crippen LogP) is 0.427. The van der Waals surface area contributed by atoms with E-state index in [2.05, 4.69) is 5.32 Å². The van der Waals surface area contributed by atoms with Crippen molar-refractivity contribution in [1.82, 2.24) is 0 Å². The summed E-state index contributed by atoms with van der Waals surface area (Å²) >= 11 is 0. The number of benzene rings is 2. The highest BCUT2D eigenvalue weighted by Crippen LogP contribution is 2.29. The molecule has 2 amide bonds. The van der Waals surface area contributed by atoms with Gasteiger partial charge in [-0.3, -0.25) is 9.59 Å². The second-order valence-corrected chi connectivity index (χ2v) is 6.90. The smallest absolute Gasteiger partial charge is 0.333 e. The van der Waals surface area contributed by atoms with Crippen LogP contribution in [0.1, 0.15) is 5.56 Å². The van der Waals surface area contributed by atoms with Gasteiger partial charge >= 0.3 is 11.6 Å². The summed E-state index contributed by atoms with van der Waals surface area (Å²) in [5, 5.41) is 2.98. The van der Waals surface area contributed by atoms with E-state index in [9.17, 15) is 18.4 Å². The zero-order valence-electron chi connectivity index (χ0n) is 17.1. The summed E-state index contributed by atoms with van der Waals surface area (Å²) in [5.41, 5.74) is 1.52. The Kier molecular flexibility index (Phi) is 6.55. The van der Waals surface area contributed by atoms with Gasteiger partial charge in [-0.25, -0.2) is 13.7 Å². The van der Waals surface area contributed by atoms with Gasteiger partial charge in [-0.2, -0.15) is 4.57 Å². The Bertz CT molecular complexity index is 1210. The number of nitrogens with zero attached hydrogens (tertiary/aromatic N) is 2. The Balaban J connectivity index is 0.00000289. The fourth-order valence-electron chi connectivity index (χ4n) is 3.20.